The summed E-state index contributed by atoms with van der Waals surface area (Å²) in [5, 5.41) is 0. The molecule has 0 saturated heterocycles. The van der Waals surface area contributed by atoms with E-state index in [1.165, 1.54) is 33.4 Å². The van der Waals surface area contributed by atoms with E-state index in [0.29, 0.717) is 0 Å². The number of hydrogen-bond donors (Lipinski definition) is 0. The van der Waals surface area contributed by atoms with E-state index in [2.05, 4.69) is 49.6 Å². The van der Waals surface area contributed by atoms with E-state index in [1.807, 2.05) is 12.2 Å². The van der Waals surface area contributed by atoms with E-state index in [9.17, 15) is 0 Å². The summed E-state index contributed by atoms with van der Waals surface area (Å²) in [7, 11) is 0. The van der Waals surface area contributed by atoms with Crippen LogP contribution in [0.2, 0.25) is 0 Å². The molecule has 2 aromatic carbocycles. The molecular formula is C17H14. The monoisotopic (exact) mass is 218 g/mol. The van der Waals surface area contributed by atoms with Crippen molar-refractivity contribution in [2.45, 2.75) is 6.42 Å². The predicted molar refractivity (Wildman–Crippen MR) is 74.9 cm³/mol. The fourth-order valence-corrected chi connectivity index (χ4v) is 2.59. The third-order valence-corrected chi connectivity index (χ3v) is 3.45. The van der Waals surface area contributed by atoms with Crippen molar-refractivity contribution in [2.75, 3.05) is 0 Å². The van der Waals surface area contributed by atoms with Gasteiger partial charge in [0.2, 0.25) is 0 Å². The van der Waals surface area contributed by atoms with Gasteiger partial charge in [-0.25, -0.2) is 0 Å². The molecule has 17 heavy (non-hydrogen) atoms. The van der Waals surface area contributed by atoms with E-state index in [0.717, 1.165) is 6.42 Å². The van der Waals surface area contributed by atoms with Crippen LogP contribution in [0.5, 0.6) is 0 Å². The fraction of sp³-hybridized carbons (Fsp3) is 0.0588. The highest BCUT2D eigenvalue weighted by atomic mass is 14.2. The van der Waals surface area contributed by atoms with Crippen LogP contribution in [-0.2, 0) is 6.42 Å². The quantitative estimate of drug-likeness (QED) is 0.592. The van der Waals surface area contributed by atoms with Crippen LogP contribution >= 0.6 is 0 Å². The lowest BCUT2D eigenvalue weighted by atomic mass is 10.0. The van der Waals surface area contributed by atoms with Crippen molar-refractivity contribution in [1.82, 2.24) is 0 Å². The maximum Gasteiger partial charge on any atom is -0.000729 e. The second-order valence-corrected chi connectivity index (χ2v) is 4.37. The van der Waals surface area contributed by atoms with Gasteiger partial charge in [-0.05, 0) is 39.8 Å². The Balaban J connectivity index is 2.23. The molecule has 1 aliphatic carbocycles. The molecule has 0 amide bonds. The second kappa shape index (κ2) is 3.74. The first kappa shape index (κ1) is 10.1. The average Bonchev–Trinajstić information content (AvgIpc) is 2.75. The molecule has 0 radical (unpaired) electrons. The van der Waals surface area contributed by atoms with Crippen LogP contribution < -0.4 is 0 Å². The van der Waals surface area contributed by atoms with E-state index >= 15 is 0 Å². The zero-order valence-electron chi connectivity index (χ0n) is 9.74. The summed E-state index contributed by atoms with van der Waals surface area (Å²) in [5.41, 5.74) is 7.95. The summed E-state index contributed by atoms with van der Waals surface area (Å²) in [5.74, 6) is 0. The number of hydrogen-bond acceptors (Lipinski definition) is 0. The van der Waals surface area contributed by atoms with Crippen molar-refractivity contribution in [3.05, 3.63) is 71.8 Å². The molecule has 0 heterocycles. The van der Waals surface area contributed by atoms with Gasteiger partial charge in [-0.2, -0.15) is 0 Å². The van der Waals surface area contributed by atoms with Gasteiger partial charge in [-0.1, -0.05) is 61.7 Å². The third kappa shape index (κ3) is 1.45. The van der Waals surface area contributed by atoms with E-state index in [4.69, 9.17) is 0 Å². The molecule has 0 saturated carbocycles. The van der Waals surface area contributed by atoms with E-state index < -0.39 is 0 Å². The lowest BCUT2D eigenvalue weighted by Crippen LogP contribution is -1.85. The maximum atomic E-state index is 3.89. The number of fused-ring (bicyclic) bond motifs is 3. The molecule has 2 aromatic rings. The molecule has 0 atom stereocenters. The standard InChI is InChI=1S/C17H14/c1-3-12-8-9-15-14(10-12)11-17-13(4-2)6-5-7-16(15)17/h3-10H,1-2,11H2. The van der Waals surface area contributed by atoms with Gasteiger partial charge >= 0.3 is 0 Å². The lowest BCUT2D eigenvalue weighted by molar-refractivity contribution is 1.25. The largest absolute Gasteiger partial charge is 0.0985 e. The minimum atomic E-state index is 1.01. The van der Waals surface area contributed by atoms with Crippen molar-refractivity contribution >= 4 is 12.2 Å². The molecular weight excluding hydrogens is 204 g/mol. The van der Waals surface area contributed by atoms with E-state index in [1.54, 1.807) is 0 Å². The van der Waals surface area contributed by atoms with Crippen LogP contribution in [0.25, 0.3) is 23.3 Å². The van der Waals surface area contributed by atoms with Crippen LogP contribution in [-0.4, -0.2) is 0 Å². The Morgan fingerprint density at radius 1 is 0.941 bits per heavy atom. The Kier molecular flexibility index (Phi) is 2.22. The van der Waals surface area contributed by atoms with Gasteiger partial charge < -0.3 is 0 Å². The zero-order chi connectivity index (χ0) is 11.8. The van der Waals surface area contributed by atoms with Gasteiger partial charge in [-0.3, -0.25) is 0 Å². The van der Waals surface area contributed by atoms with Crippen LogP contribution in [0.15, 0.2) is 49.6 Å². The Morgan fingerprint density at radius 3 is 2.59 bits per heavy atom. The molecule has 3 rings (SSSR count). The van der Waals surface area contributed by atoms with Crippen molar-refractivity contribution in [2.24, 2.45) is 0 Å². The Labute approximate surface area is 102 Å². The Morgan fingerprint density at radius 2 is 1.82 bits per heavy atom. The van der Waals surface area contributed by atoms with Crippen LogP contribution in [0.4, 0.5) is 0 Å². The molecule has 1 aliphatic rings. The minimum Gasteiger partial charge on any atom is -0.0985 e. The molecule has 82 valence electrons. The Hall–Kier alpha value is -2.08. The normalized spacial score (nSPS) is 11.8. The first-order valence-corrected chi connectivity index (χ1v) is 5.83. The molecule has 0 nitrogen and oxygen atoms in total. The van der Waals surface area contributed by atoms with Crippen LogP contribution in [0, 0.1) is 0 Å². The molecule has 0 fully saturated rings. The molecule has 0 bridgehead atoms. The molecule has 0 N–H and O–H groups in total. The number of benzene rings is 2. The summed E-state index contributed by atoms with van der Waals surface area (Å²) < 4.78 is 0. The SMILES string of the molecule is C=Cc1ccc2c(c1)Cc1c(C=C)cccc1-2. The van der Waals surface area contributed by atoms with Gasteiger partial charge in [0.15, 0.2) is 0 Å². The zero-order valence-corrected chi connectivity index (χ0v) is 9.74. The summed E-state index contributed by atoms with van der Waals surface area (Å²) in [6, 6.07) is 13.0. The summed E-state index contributed by atoms with van der Waals surface area (Å²) >= 11 is 0. The highest BCUT2D eigenvalue weighted by Gasteiger charge is 2.19. The molecule has 0 heteroatoms. The van der Waals surface area contributed by atoms with Crippen molar-refractivity contribution < 1.29 is 0 Å². The van der Waals surface area contributed by atoms with Crippen LogP contribution in [0.3, 0.4) is 0 Å². The lowest BCUT2D eigenvalue weighted by Gasteiger charge is -2.03. The molecule has 0 unspecified atom stereocenters. The molecule has 0 aliphatic heterocycles. The van der Waals surface area contributed by atoms with Gasteiger partial charge in [0.1, 0.15) is 0 Å². The topological polar surface area (TPSA) is 0 Å². The summed E-state index contributed by atoms with van der Waals surface area (Å²) in [4.78, 5) is 0. The first-order valence-electron chi connectivity index (χ1n) is 5.83. The fourth-order valence-electron chi connectivity index (χ4n) is 2.59. The predicted octanol–water partition coefficient (Wildman–Crippen LogP) is 4.54. The summed E-state index contributed by atoms with van der Waals surface area (Å²) in [6.07, 6.45) is 4.85. The van der Waals surface area contributed by atoms with Crippen molar-refractivity contribution in [1.29, 1.82) is 0 Å². The van der Waals surface area contributed by atoms with Crippen molar-refractivity contribution in [3.63, 3.8) is 0 Å². The number of rotatable bonds is 2. The van der Waals surface area contributed by atoms with Crippen LogP contribution in [0.1, 0.15) is 22.3 Å². The average molecular weight is 218 g/mol. The maximum absolute atomic E-state index is 3.89. The van der Waals surface area contributed by atoms with Gasteiger partial charge in [-0.15, -0.1) is 0 Å². The molecule has 0 aromatic heterocycles. The highest BCUT2D eigenvalue weighted by molar-refractivity contribution is 5.81. The smallest absolute Gasteiger partial charge is 0.000729 e. The first-order chi connectivity index (χ1) is 8.33. The third-order valence-electron chi connectivity index (χ3n) is 3.45. The van der Waals surface area contributed by atoms with Gasteiger partial charge in [0.05, 0.1) is 0 Å². The van der Waals surface area contributed by atoms with E-state index in [-0.39, 0.29) is 0 Å². The highest BCUT2D eigenvalue weighted by Crippen LogP contribution is 2.39. The summed E-state index contributed by atoms with van der Waals surface area (Å²) in [6.45, 7) is 7.71. The molecule has 0 spiro atoms. The van der Waals surface area contributed by atoms with Gasteiger partial charge in [0.25, 0.3) is 0 Å². The second-order valence-electron chi connectivity index (χ2n) is 4.37. The van der Waals surface area contributed by atoms with Crippen molar-refractivity contribution in [3.8, 4) is 11.1 Å². The van der Waals surface area contributed by atoms with Gasteiger partial charge in [0, 0.05) is 0 Å². The minimum absolute atomic E-state index is 1.01. The Bertz CT molecular complexity index is 618.